The molecule has 200 valence electrons. The standard InChI is InChI=1S/C28H38N4O4S/c1-19-27(17-30-31-19)37-15-3-13-32-14-11-20(21(18-32)5-9-28(34)35)4-8-26(33)23-10-12-29-25-7-6-22(36-2)16-24(23)25/h6-7,10,12,16-17,20-21,26,33H,3-5,8-9,11,13-15,18H2,1-2H3,(H,30,31)(H,34,35)/t20?,21?,26-/m0/s1. The van der Waals surface area contributed by atoms with Crippen molar-refractivity contribution in [1.29, 1.82) is 0 Å². The first-order valence-corrected chi connectivity index (χ1v) is 14.1. The van der Waals surface area contributed by atoms with Crippen molar-refractivity contribution in [2.24, 2.45) is 11.8 Å². The van der Waals surface area contributed by atoms with Crippen LogP contribution in [-0.2, 0) is 4.79 Å². The van der Waals surface area contributed by atoms with E-state index in [9.17, 15) is 15.0 Å². The Balaban J connectivity index is 1.32. The molecule has 0 aliphatic carbocycles. The van der Waals surface area contributed by atoms with Crippen LogP contribution in [0.1, 0.15) is 55.9 Å². The highest BCUT2D eigenvalue weighted by Crippen LogP contribution is 2.35. The Bertz CT molecular complexity index is 1170. The smallest absolute Gasteiger partial charge is 0.303 e. The van der Waals surface area contributed by atoms with Gasteiger partial charge in [-0.05, 0) is 99.5 Å². The highest BCUT2D eigenvalue weighted by molar-refractivity contribution is 7.99. The number of carbonyl (C=O) groups is 1. The number of likely N-dealkylation sites (tertiary alicyclic amines) is 1. The first-order valence-electron chi connectivity index (χ1n) is 13.1. The summed E-state index contributed by atoms with van der Waals surface area (Å²) in [4.78, 5) is 19.5. The number of methoxy groups -OCH3 is 1. The molecule has 3 N–H and O–H groups in total. The van der Waals surface area contributed by atoms with Crippen molar-refractivity contribution < 1.29 is 19.7 Å². The summed E-state index contributed by atoms with van der Waals surface area (Å²) in [7, 11) is 1.64. The Hall–Kier alpha value is -2.62. The molecular weight excluding hydrogens is 488 g/mol. The van der Waals surface area contributed by atoms with E-state index in [-0.39, 0.29) is 6.42 Å². The molecule has 1 aliphatic rings. The number of pyridine rings is 1. The summed E-state index contributed by atoms with van der Waals surface area (Å²) in [6.45, 7) is 5.01. The second-order valence-corrected chi connectivity index (χ2v) is 11.1. The van der Waals surface area contributed by atoms with Gasteiger partial charge in [0.15, 0.2) is 0 Å². The molecule has 1 saturated heterocycles. The molecule has 4 rings (SSSR count). The molecule has 1 aromatic carbocycles. The number of ether oxygens (including phenoxy) is 1. The number of hydrogen-bond donors (Lipinski definition) is 3. The lowest BCUT2D eigenvalue weighted by Gasteiger charge is -2.39. The Kier molecular flexibility index (Phi) is 9.82. The predicted octanol–water partition coefficient (Wildman–Crippen LogP) is 5.07. The second kappa shape index (κ2) is 13.3. The largest absolute Gasteiger partial charge is 0.497 e. The molecule has 0 amide bonds. The summed E-state index contributed by atoms with van der Waals surface area (Å²) in [5.41, 5.74) is 2.82. The summed E-state index contributed by atoms with van der Waals surface area (Å²) in [6.07, 6.45) is 7.56. The predicted molar refractivity (Wildman–Crippen MR) is 146 cm³/mol. The van der Waals surface area contributed by atoms with Crippen LogP contribution in [0.25, 0.3) is 10.9 Å². The molecule has 0 radical (unpaired) electrons. The number of aliphatic hydroxyl groups excluding tert-OH is 1. The van der Waals surface area contributed by atoms with Gasteiger partial charge in [0.1, 0.15) is 5.75 Å². The number of benzene rings is 1. The monoisotopic (exact) mass is 526 g/mol. The van der Waals surface area contributed by atoms with Gasteiger partial charge in [-0.2, -0.15) is 5.10 Å². The quantitative estimate of drug-likeness (QED) is 0.209. The van der Waals surface area contributed by atoms with Gasteiger partial charge < -0.3 is 19.8 Å². The first kappa shape index (κ1) is 27.4. The molecule has 3 heterocycles. The van der Waals surface area contributed by atoms with Gasteiger partial charge in [-0.1, -0.05) is 0 Å². The average molecular weight is 527 g/mol. The van der Waals surface area contributed by atoms with Gasteiger partial charge in [0.2, 0.25) is 0 Å². The maximum Gasteiger partial charge on any atom is 0.303 e. The minimum Gasteiger partial charge on any atom is -0.497 e. The number of aryl methyl sites for hydroxylation is 1. The molecule has 1 fully saturated rings. The van der Waals surface area contributed by atoms with Crippen LogP contribution in [0.15, 0.2) is 41.6 Å². The lowest BCUT2D eigenvalue weighted by Crippen LogP contribution is -2.41. The number of carboxylic acid groups (broad SMARTS) is 1. The summed E-state index contributed by atoms with van der Waals surface area (Å²) in [5.74, 6) is 1.79. The highest BCUT2D eigenvalue weighted by Gasteiger charge is 2.30. The number of carboxylic acids is 1. The first-order chi connectivity index (χ1) is 17.9. The van der Waals surface area contributed by atoms with Crippen LogP contribution >= 0.6 is 11.8 Å². The zero-order valence-corrected chi connectivity index (χ0v) is 22.5. The third-order valence-corrected chi connectivity index (χ3v) is 8.73. The summed E-state index contributed by atoms with van der Waals surface area (Å²) < 4.78 is 5.37. The number of aromatic amines is 1. The van der Waals surface area contributed by atoms with Crippen molar-refractivity contribution in [2.75, 3.05) is 32.5 Å². The number of hydrogen-bond acceptors (Lipinski definition) is 7. The van der Waals surface area contributed by atoms with E-state index in [0.717, 1.165) is 72.6 Å². The zero-order chi connectivity index (χ0) is 26.2. The molecule has 1 aliphatic heterocycles. The van der Waals surface area contributed by atoms with E-state index in [1.165, 1.54) is 4.90 Å². The van der Waals surface area contributed by atoms with E-state index < -0.39 is 12.1 Å². The van der Waals surface area contributed by atoms with Crippen LogP contribution in [0, 0.1) is 18.8 Å². The van der Waals surface area contributed by atoms with E-state index in [1.54, 1.807) is 13.3 Å². The van der Waals surface area contributed by atoms with Gasteiger partial charge in [-0.15, -0.1) is 11.8 Å². The molecule has 0 saturated carbocycles. The average Bonchev–Trinajstić information content (AvgIpc) is 3.32. The number of piperidine rings is 1. The van der Waals surface area contributed by atoms with Crippen molar-refractivity contribution >= 4 is 28.6 Å². The number of thioether (sulfide) groups is 1. The van der Waals surface area contributed by atoms with E-state index >= 15 is 0 Å². The van der Waals surface area contributed by atoms with E-state index in [0.29, 0.717) is 24.7 Å². The van der Waals surface area contributed by atoms with Crippen molar-refractivity contribution in [2.45, 2.75) is 56.4 Å². The fourth-order valence-electron chi connectivity index (χ4n) is 5.42. The fraction of sp³-hybridized carbons (Fsp3) is 0.536. The second-order valence-electron chi connectivity index (χ2n) is 9.98. The highest BCUT2D eigenvalue weighted by atomic mass is 32.2. The van der Waals surface area contributed by atoms with Crippen LogP contribution in [0.4, 0.5) is 0 Å². The Morgan fingerprint density at radius 3 is 2.92 bits per heavy atom. The normalized spacial score (nSPS) is 19.2. The minimum absolute atomic E-state index is 0.196. The molecule has 9 heteroatoms. The van der Waals surface area contributed by atoms with Crippen molar-refractivity contribution in [3.05, 3.63) is 47.9 Å². The summed E-state index contributed by atoms with van der Waals surface area (Å²) in [5, 5.41) is 28.4. The molecule has 0 bridgehead atoms. The lowest BCUT2D eigenvalue weighted by atomic mass is 9.79. The Labute approximate surface area is 222 Å². The molecule has 37 heavy (non-hydrogen) atoms. The van der Waals surface area contributed by atoms with Crippen LogP contribution in [0.5, 0.6) is 5.75 Å². The number of aliphatic hydroxyl groups is 1. The van der Waals surface area contributed by atoms with Gasteiger partial charge in [0.05, 0.1) is 24.9 Å². The third kappa shape index (κ3) is 7.46. The minimum atomic E-state index is -0.736. The molecule has 8 nitrogen and oxygen atoms in total. The Morgan fingerprint density at radius 1 is 1.30 bits per heavy atom. The van der Waals surface area contributed by atoms with Gasteiger partial charge in [0, 0.05) is 35.1 Å². The number of nitrogens with zero attached hydrogens (tertiary/aromatic N) is 3. The number of rotatable bonds is 13. The summed E-state index contributed by atoms with van der Waals surface area (Å²) >= 11 is 1.83. The van der Waals surface area contributed by atoms with Crippen LogP contribution in [0.2, 0.25) is 0 Å². The van der Waals surface area contributed by atoms with Gasteiger partial charge in [-0.3, -0.25) is 14.9 Å². The maximum atomic E-state index is 11.3. The number of aliphatic carboxylic acids is 1. The van der Waals surface area contributed by atoms with Gasteiger partial charge >= 0.3 is 5.97 Å². The molecular formula is C28H38N4O4S. The van der Waals surface area contributed by atoms with Crippen LogP contribution in [-0.4, -0.2) is 68.8 Å². The van der Waals surface area contributed by atoms with Crippen LogP contribution < -0.4 is 4.74 Å². The molecule has 3 aromatic rings. The zero-order valence-electron chi connectivity index (χ0n) is 21.7. The molecule has 0 spiro atoms. The number of H-pyrrole nitrogens is 1. The maximum absolute atomic E-state index is 11.3. The van der Waals surface area contributed by atoms with E-state index in [2.05, 4.69) is 20.1 Å². The van der Waals surface area contributed by atoms with E-state index in [4.69, 9.17) is 4.74 Å². The number of aromatic nitrogens is 3. The molecule has 3 atom stereocenters. The topological polar surface area (TPSA) is 112 Å². The van der Waals surface area contributed by atoms with Crippen LogP contribution in [0.3, 0.4) is 0 Å². The molecule has 2 unspecified atom stereocenters. The van der Waals surface area contributed by atoms with Crippen molar-refractivity contribution in [1.82, 2.24) is 20.1 Å². The SMILES string of the molecule is COc1ccc2nccc([C@@H](O)CCC3CCN(CCCSc4cn[nH]c4C)CC3CCC(=O)O)c2c1. The van der Waals surface area contributed by atoms with Gasteiger partial charge in [0.25, 0.3) is 0 Å². The summed E-state index contributed by atoms with van der Waals surface area (Å²) in [6, 6.07) is 7.61. The molecule has 2 aromatic heterocycles. The fourth-order valence-corrected chi connectivity index (χ4v) is 6.30. The van der Waals surface area contributed by atoms with Crippen molar-refractivity contribution in [3.63, 3.8) is 0 Å². The van der Waals surface area contributed by atoms with Crippen molar-refractivity contribution in [3.8, 4) is 5.75 Å². The van der Waals surface area contributed by atoms with E-state index in [1.807, 2.05) is 49.1 Å². The number of fused-ring (bicyclic) bond motifs is 1. The van der Waals surface area contributed by atoms with Gasteiger partial charge in [-0.25, -0.2) is 0 Å². The number of nitrogens with one attached hydrogen (secondary N) is 1. The lowest BCUT2D eigenvalue weighted by molar-refractivity contribution is -0.137. The third-order valence-electron chi connectivity index (χ3n) is 7.52. The Morgan fingerprint density at radius 2 is 2.16 bits per heavy atom.